The zero-order valence-corrected chi connectivity index (χ0v) is 20.6. The number of carbonyl (C=O) groups excluding carboxylic acids is 1. The molecule has 0 saturated carbocycles. The molecular weight excluding hydrogens is 495 g/mol. The van der Waals surface area contributed by atoms with Gasteiger partial charge in [-0.15, -0.1) is 24.0 Å². The van der Waals surface area contributed by atoms with Gasteiger partial charge in [0.05, 0.1) is 19.8 Å². The zero-order chi connectivity index (χ0) is 20.6. The van der Waals surface area contributed by atoms with E-state index in [-0.39, 0.29) is 41.9 Å². The molecule has 1 aromatic rings. The van der Waals surface area contributed by atoms with Crippen molar-refractivity contribution in [1.29, 1.82) is 0 Å². The molecule has 3 rings (SSSR count). The lowest BCUT2D eigenvalue weighted by Crippen LogP contribution is -2.50. The molecule has 0 bridgehead atoms. The molecule has 1 N–H and O–H groups in total. The average Bonchev–Trinajstić information content (AvgIpc) is 2.76. The Morgan fingerprint density at radius 3 is 2.40 bits per heavy atom. The van der Waals surface area contributed by atoms with Crippen molar-refractivity contribution in [3.8, 4) is 5.75 Å². The number of hydrogen-bond acceptors (Lipinski definition) is 4. The number of carbonyl (C=O) groups is 1. The Hall–Kier alpha value is -1.55. The molecule has 1 atom stereocenters. The van der Waals surface area contributed by atoms with Crippen LogP contribution in [0.5, 0.6) is 5.75 Å². The van der Waals surface area contributed by atoms with Crippen molar-refractivity contribution < 1.29 is 14.3 Å². The van der Waals surface area contributed by atoms with Crippen LogP contribution in [-0.4, -0.2) is 80.8 Å². The van der Waals surface area contributed by atoms with Crippen molar-refractivity contribution in [2.45, 2.75) is 32.8 Å². The summed E-state index contributed by atoms with van der Waals surface area (Å²) in [6.07, 6.45) is 1.76. The van der Waals surface area contributed by atoms with Gasteiger partial charge in [0.2, 0.25) is 5.91 Å². The number of amides is 1. The van der Waals surface area contributed by atoms with Crippen LogP contribution in [0.25, 0.3) is 0 Å². The highest BCUT2D eigenvalue weighted by atomic mass is 127. The van der Waals surface area contributed by atoms with Gasteiger partial charge in [-0.05, 0) is 38.8 Å². The molecule has 1 unspecified atom stereocenters. The maximum Gasteiger partial charge on any atom is 0.225 e. The average molecular weight is 530 g/mol. The first-order valence-corrected chi connectivity index (χ1v) is 10.6. The van der Waals surface area contributed by atoms with Crippen LogP contribution >= 0.6 is 24.0 Å². The minimum atomic E-state index is 0. The highest BCUT2D eigenvalue weighted by Crippen LogP contribution is 2.20. The maximum absolute atomic E-state index is 12.7. The molecule has 8 heteroatoms. The lowest BCUT2D eigenvalue weighted by atomic mass is 9.95. The molecule has 2 saturated heterocycles. The van der Waals surface area contributed by atoms with Crippen molar-refractivity contribution in [3.63, 3.8) is 0 Å². The van der Waals surface area contributed by atoms with Crippen LogP contribution in [0.15, 0.2) is 29.3 Å². The monoisotopic (exact) mass is 530 g/mol. The summed E-state index contributed by atoms with van der Waals surface area (Å²) < 4.78 is 11.3. The lowest BCUT2D eigenvalue weighted by molar-refractivity contribution is -0.140. The molecule has 2 heterocycles. The number of nitrogens with zero attached hydrogens (tertiary/aromatic N) is 3. The summed E-state index contributed by atoms with van der Waals surface area (Å²) in [6.45, 7) is 9.23. The molecule has 1 aromatic carbocycles. The van der Waals surface area contributed by atoms with E-state index in [2.05, 4.69) is 34.3 Å². The van der Waals surface area contributed by atoms with E-state index >= 15 is 0 Å². The Morgan fingerprint density at radius 2 is 1.80 bits per heavy atom. The van der Waals surface area contributed by atoms with E-state index in [0.29, 0.717) is 19.8 Å². The normalized spacial score (nSPS) is 19.1. The van der Waals surface area contributed by atoms with E-state index < -0.39 is 0 Å². The predicted octanol–water partition coefficient (Wildman–Crippen LogP) is 2.53. The Bertz CT molecular complexity index is 684. The van der Waals surface area contributed by atoms with Crippen LogP contribution in [0, 0.1) is 12.8 Å². The minimum absolute atomic E-state index is 0. The van der Waals surface area contributed by atoms with Gasteiger partial charge in [-0.1, -0.05) is 17.7 Å². The molecule has 30 heavy (non-hydrogen) atoms. The number of nitrogens with one attached hydrogen (secondary N) is 1. The van der Waals surface area contributed by atoms with Gasteiger partial charge in [0, 0.05) is 39.1 Å². The number of piperidine rings is 1. The number of benzene rings is 1. The second-order valence-corrected chi connectivity index (χ2v) is 7.87. The van der Waals surface area contributed by atoms with Gasteiger partial charge in [-0.25, -0.2) is 0 Å². The number of ether oxygens (including phenoxy) is 2. The molecule has 0 aliphatic carbocycles. The van der Waals surface area contributed by atoms with Gasteiger partial charge in [0.25, 0.3) is 0 Å². The smallest absolute Gasteiger partial charge is 0.225 e. The van der Waals surface area contributed by atoms with Gasteiger partial charge >= 0.3 is 0 Å². The Morgan fingerprint density at radius 1 is 1.17 bits per heavy atom. The topological polar surface area (TPSA) is 66.4 Å². The molecule has 0 spiro atoms. The Kier molecular flexibility index (Phi) is 10.2. The van der Waals surface area contributed by atoms with Crippen molar-refractivity contribution in [1.82, 2.24) is 15.1 Å². The molecule has 7 nitrogen and oxygen atoms in total. The summed E-state index contributed by atoms with van der Waals surface area (Å²) in [6, 6.07) is 8.10. The quantitative estimate of drug-likeness (QED) is 0.360. The molecule has 2 aliphatic rings. The van der Waals surface area contributed by atoms with Crippen LogP contribution < -0.4 is 10.1 Å². The fraction of sp³-hybridized carbons (Fsp3) is 0.636. The largest absolute Gasteiger partial charge is 0.489 e. The lowest BCUT2D eigenvalue weighted by Gasteiger charge is -2.37. The van der Waals surface area contributed by atoms with E-state index in [1.165, 1.54) is 5.56 Å². The molecule has 1 amide bonds. The number of rotatable bonds is 5. The van der Waals surface area contributed by atoms with Crippen LogP contribution in [0.2, 0.25) is 0 Å². The summed E-state index contributed by atoms with van der Waals surface area (Å²) in [5.74, 6) is 2.16. The molecule has 0 aromatic heterocycles. The first kappa shape index (κ1) is 24.7. The SMILES string of the molecule is CN=C(NCC(C)Oc1ccc(C)cc1)N1CCC(C(=O)N2CCOCC2)CC1.I. The van der Waals surface area contributed by atoms with E-state index in [0.717, 1.165) is 50.7 Å². The van der Waals surface area contributed by atoms with Gasteiger partial charge in [0.1, 0.15) is 11.9 Å². The third-order valence-electron chi connectivity index (χ3n) is 5.58. The third kappa shape index (κ3) is 7.01. The first-order valence-electron chi connectivity index (χ1n) is 10.6. The second-order valence-electron chi connectivity index (χ2n) is 7.87. The molecule has 0 radical (unpaired) electrons. The number of halogens is 1. The van der Waals surface area contributed by atoms with Crippen molar-refractivity contribution >= 4 is 35.8 Å². The number of likely N-dealkylation sites (tertiary alicyclic amines) is 1. The van der Waals surface area contributed by atoms with E-state index in [1.807, 2.05) is 24.0 Å². The predicted molar refractivity (Wildman–Crippen MR) is 130 cm³/mol. The van der Waals surface area contributed by atoms with Crippen LogP contribution in [0.4, 0.5) is 0 Å². The fourth-order valence-corrected chi connectivity index (χ4v) is 3.84. The van der Waals surface area contributed by atoms with Gasteiger partial charge in [0.15, 0.2) is 5.96 Å². The van der Waals surface area contributed by atoms with E-state index in [4.69, 9.17) is 9.47 Å². The van der Waals surface area contributed by atoms with Crippen molar-refractivity contribution in [2.24, 2.45) is 10.9 Å². The van der Waals surface area contributed by atoms with Gasteiger partial charge in [-0.3, -0.25) is 9.79 Å². The molecule has 168 valence electrons. The second kappa shape index (κ2) is 12.3. The van der Waals surface area contributed by atoms with Crippen LogP contribution in [0.3, 0.4) is 0 Å². The van der Waals surface area contributed by atoms with E-state index in [9.17, 15) is 4.79 Å². The van der Waals surface area contributed by atoms with Gasteiger partial charge < -0.3 is 24.6 Å². The highest BCUT2D eigenvalue weighted by Gasteiger charge is 2.30. The third-order valence-corrected chi connectivity index (χ3v) is 5.58. The minimum Gasteiger partial charge on any atom is -0.489 e. The maximum atomic E-state index is 12.7. The number of hydrogen-bond donors (Lipinski definition) is 1. The van der Waals surface area contributed by atoms with Crippen molar-refractivity contribution in [2.75, 3.05) is 53.0 Å². The first-order chi connectivity index (χ1) is 14.1. The van der Waals surface area contributed by atoms with Crippen LogP contribution in [-0.2, 0) is 9.53 Å². The Labute approximate surface area is 197 Å². The van der Waals surface area contributed by atoms with Crippen LogP contribution in [0.1, 0.15) is 25.3 Å². The number of aliphatic imine (C=N–C) groups is 1. The summed E-state index contributed by atoms with van der Waals surface area (Å²) >= 11 is 0. The molecular formula is C22H35IN4O3. The molecule has 2 aliphatic heterocycles. The summed E-state index contributed by atoms with van der Waals surface area (Å²) in [5, 5.41) is 3.42. The Balaban J connectivity index is 0.00000320. The van der Waals surface area contributed by atoms with Gasteiger partial charge in [-0.2, -0.15) is 0 Å². The summed E-state index contributed by atoms with van der Waals surface area (Å²) in [4.78, 5) is 21.3. The zero-order valence-electron chi connectivity index (χ0n) is 18.3. The fourth-order valence-electron chi connectivity index (χ4n) is 3.84. The molecule has 2 fully saturated rings. The number of guanidine groups is 1. The van der Waals surface area contributed by atoms with E-state index in [1.54, 1.807) is 7.05 Å². The number of aryl methyl sites for hydroxylation is 1. The highest BCUT2D eigenvalue weighted by molar-refractivity contribution is 14.0. The number of morpholine rings is 1. The standard InChI is InChI=1S/C22H34N4O3.HI/c1-17-4-6-20(7-5-17)29-18(2)16-24-22(23-3)26-10-8-19(9-11-26)21(27)25-12-14-28-15-13-25;/h4-7,18-19H,8-16H2,1-3H3,(H,23,24);1H. The van der Waals surface area contributed by atoms with Crippen molar-refractivity contribution in [3.05, 3.63) is 29.8 Å². The summed E-state index contributed by atoms with van der Waals surface area (Å²) in [5.41, 5.74) is 1.22. The summed E-state index contributed by atoms with van der Waals surface area (Å²) in [7, 11) is 1.80.